The first-order valence-corrected chi connectivity index (χ1v) is 6.34. The molecular formula is C13H23N3. The molecule has 0 unspecified atom stereocenters. The molecule has 1 heterocycles. The van der Waals surface area contributed by atoms with Gasteiger partial charge >= 0.3 is 0 Å². The predicted molar refractivity (Wildman–Crippen MR) is 67.5 cm³/mol. The summed E-state index contributed by atoms with van der Waals surface area (Å²) in [6.45, 7) is 6.56. The van der Waals surface area contributed by atoms with Crippen LogP contribution in [0, 0.1) is 0 Å². The van der Waals surface area contributed by atoms with Crippen molar-refractivity contribution in [2.75, 3.05) is 5.73 Å². The van der Waals surface area contributed by atoms with Gasteiger partial charge in [0.1, 0.15) is 5.82 Å². The zero-order valence-corrected chi connectivity index (χ0v) is 10.7. The van der Waals surface area contributed by atoms with Crippen LogP contribution in [0.5, 0.6) is 0 Å². The Morgan fingerprint density at radius 2 is 1.88 bits per heavy atom. The maximum absolute atomic E-state index is 5.85. The molecule has 2 rings (SSSR count). The Morgan fingerprint density at radius 1 is 1.25 bits per heavy atom. The van der Waals surface area contributed by atoms with Gasteiger partial charge in [-0.05, 0) is 33.6 Å². The Kier molecular flexibility index (Phi) is 2.96. The first kappa shape index (κ1) is 11.5. The number of hydrogen-bond donors (Lipinski definition) is 1. The van der Waals surface area contributed by atoms with Crippen LogP contribution in [-0.4, -0.2) is 9.78 Å². The molecule has 0 spiro atoms. The quantitative estimate of drug-likeness (QED) is 0.791. The Bertz CT molecular complexity index is 354. The molecule has 90 valence electrons. The third-order valence-corrected chi connectivity index (χ3v) is 3.41. The lowest BCUT2D eigenvalue weighted by Crippen LogP contribution is -2.27. The van der Waals surface area contributed by atoms with Crippen molar-refractivity contribution in [3.63, 3.8) is 0 Å². The van der Waals surface area contributed by atoms with Crippen LogP contribution in [-0.2, 0) is 5.54 Å². The molecule has 0 amide bonds. The Labute approximate surface area is 98.0 Å². The van der Waals surface area contributed by atoms with E-state index in [0.717, 1.165) is 0 Å². The van der Waals surface area contributed by atoms with Crippen LogP contribution < -0.4 is 5.73 Å². The van der Waals surface area contributed by atoms with E-state index in [1.165, 1.54) is 37.8 Å². The number of nitrogens with two attached hydrogens (primary N) is 1. The zero-order chi connectivity index (χ0) is 11.8. The second-order valence-corrected chi connectivity index (χ2v) is 5.91. The molecule has 1 aromatic rings. The molecule has 1 fully saturated rings. The summed E-state index contributed by atoms with van der Waals surface area (Å²) in [7, 11) is 0. The second-order valence-electron chi connectivity index (χ2n) is 5.91. The fraction of sp³-hybridized carbons (Fsp3) is 0.769. The molecule has 2 N–H and O–H groups in total. The number of rotatable bonds is 1. The lowest BCUT2D eigenvalue weighted by Gasteiger charge is -2.28. The molecule has 0 aromatic carbocycles. The summed E-state index contributed by atoms with van der Waals surface area (Å²) < 4.78 is 2.12. The van der Waals surface area contributed by atoms with Crippen LogP contribution in [0.2, 0.25) is 0 Å². The topological polar surface area (TPSA) is 43.8 Å². The SMILES string of the molecule is CC(C)(C)n1nc(N)cc1C1CCCCC1. The molecule has 1 aliphatic rings. The largest absolute Gasteiger partial charge is 0.382 e. The Morgan fingerprint density at radius 3 is 2.44 bits per heavy atom. The van der Waals surface area contributed by atoms with Crippen LogP contribution in [0.3, 0.4) is 0 Å². The maximum atomic E-state index is 5.85. The maximum Gasteiger partial charge on any atom is 0.145 e. The summed E-state index contributed by atoms with van der Waals surface area (Å²) in [6.07, 6.45) is 6.66. The first-order valence-electron chi connectivity index (χ1n) is 6.34. The highest BCUT2D eigenvalue weighted by Crippen LogP contribution is 2.35. The molecule has 1 aromatic heterocycles. The van der Waals surface area contributed by atoms with Crippen molar-refractivity contribution < 1.29 is 0 Å². The zero-order valence-electron chi connectivity index (χ0n) is 10.7. The highest BCUT2D eigenvalue weighted by molar-refractivity contribution is 5.32. The monoisotopic (exact) mass is 221 g/mol. The van der Waals surface area contributed by atoms with Crippen LogP contribution >= 0.6 is 0 Å². The molecule has 1 saturated carbocycles. The van der Waals surface area contributed by atoms with Crippen molar-refractivity contribution in [3.8, 4) is 0 Å². The minimum absolute atomic E-state index is 0.0321. The van der Waals surface area contributed by atoms with Crippen molar-refractivity contribution >= 4 is 5.82 Å². The third kappa shape index (κ3) is 2.23. The van der Waals surface area contributed by atoms with E-state index in [2.05, 4.69) is 36.6 Å². The van der Waals surface area contributed by atoms with Gasteiger partial charge in [0.15, 0.2) is 0 Å². The van der Waals surface area contributed by atoms with Crippen molar-refractivity contribution in [1.82, 2.24) is 9.78 Å². The molecular weight excluding hydrogens is 198 g/mol. The second kappa shape index (κ2) is 4.11. The average Bonchev–Trinajstić information content (AvgIpc) is 2.61. The van der Waals surface area contributed by atoms with E-state index in [1.54, 1.807) is 0 Å². The molecule has 0 aliphatic heterocycles. The highest BCUT2D eigenvalue weighted by atomic mass is 15.3. The number of aromatic nitrogens is 2. The van der Waals surface area contributed by atoms with Crippen LogP contribution in [0.15, 0.2) is 6.07 Å². The molecule has 1 aliphatic carbocycles. The van der Waals surface area contributed by atoms with Gasteiger partial charge in [0.2, 0.25) is 0 Å². The van der Waals surface area contributed by atoms with E-state index >= 15 is 0 Å². The van der Waals surface area contributed by atoms with Crippen molar-refractivity contribution in [3.05, 3.63) is 11.8 Å². The average molecular weight is 221 g/mol. The van der Waals surface area contributed by atoms with Crippen molar-refractivity contribution in [2.45, 2.75) is 64.3 Å². The van der Waals surface area contributed by atoms with Gasteiger partial charge in [-0.1, -0.05) is 19.3 Å². The lowest BCUT2D eigenvalue weighted by atomic mass is 9.86. The van der Waals surface area contributed by atoms with Gasteiger partial charge in [-0.2, -0.15) is 5.10 Å². The third-order valence-electron chi connectivity index (χ3n) is 3.41. The molecule has 3 nitrogen and oxygen atoms in total. The summed E-state index contributed by atoms with van der Waals surface area (Å²) in [5.74, 6) is 1.33. The van der Waals surface area contributed by atoms with E-state index in [1.807, 2.05) is 0 Å². The van der Waals surface area contributed by atoms with E-state index in [4.69, 9.17) is 5.73 Å². The van der Waals surface area contributed by atoms with Gasteiger partial charge in [-0.15, -0.1) is 0 Å². The van der Waals surface area contributed by atoms with E-state index in [9.17, 15) is 0 Å². The summed E-state index contributed by atoms with van der Waals surface area (Å²) in [6, 6.07) is 2.07. The summed E-state index contributed by atoms with van der Waals surface area (Å²) in [5, 5.41) is 4.45. The normalized spacial score (nSPS) is 18.9. The number of nitrogens with zero attached hydrogens (tertiary/aromatic N) is 2. The minimum atomic E-state index is 0.0321. The fourth-order valence-electron chi connectivity index (χ4n) is 2.64. The van der Waals surface area contributed by atoms with Gasteiger partial charge in [0, 0.05) is 17.7 Å². The first-order chi connectivity index (χ1) is 7.48. The van der Waals surface area contributed by atoms with E-state index in [-0.39, 0.29) is 5.54 Å². The molecule has 0 radical (unpaired) electrons. The molecule has 0 atom stereocenters. The lowest BCUT2D eigenvalue weighted by molar-refractivity contribution is 0.319. The number of hydrogen-bond acceptors (Lipinski definition) is 2. The predicted octanol–water partition coefficient (Wildman–Crippen LogP) is 3.27. The van der Waals surface area contributed by atoms with Gasteiger partial charge in [-0.25, -0.2) is 0 Å². The number of anilines is 1. The van der Waals surface area contributed by atoms with Crippen molar-refractivity contribution in [2.24, 2.45) is 0 Å². The minimum Gasteiger partial charge on any atom is -0.382 e. The standard InChI is InChI=1S/C13H23N3/c1-13(2,3)16-11(9-12(14)15-16)10-7-5-4-6-8-10/h9-10H,4-8H2,1-3H3,(H2,14,15). The van der Waals surface area contributed by atoms with Crippen molar-refractivity contribution in [1.29, 1.82) is 0 Å². The molecule has 3 heteroatoms. The Balaban J connectivity index is 2.31. The smallest absolute Gasteiger partial charge is 0.145 e. The summed E-state index contributed by atoms with van der Waals surface area (Å²) in [4.78, 5) is 0. The fourth-order valence-corrected chi connectivity index (χ4v) is 2.64. The van der Waals surface area contributed by atoms with Gasteiger partial charge < -0.3 is 5.73 Å². The summed E-state index contributed by atoms with van der Waals surface area (Å²) >= 11 is 0. The van der Waals surface area contributed by atoms with Crippen LogP contribution in [0.1, 0.15) is 64.5 Å². The Hall–Kier alpha value is -0.990. The van der Waals surface area contributed by atoms with E-state index in [0.29, 0.717) is 11.7 Å². The molecule has 0 bridgehead atoms. The summed E-state index contributed by atoms with van der Waals surface area (Å²) in [5.41, 5.74) is 7.22. The van der Waals surface area contributed by atoms with Gasteiger partial charge in [0.05, 0.1) is 5.54 Å². The van der Waals surface area contributed by atoms with Gasteiger partial charge in [0.25, 0.3) is 0 Å². The van der Waals surface area contributed by atoms with Crippen LogP contribution in [0.25, 0.3) is 0 Å². The van der Waals surface area contributed by atoms with Gasteiger partial charge in [-0.3, -0.25) is 4.68 Å². The highest BCUT2D eigenvalue weighted by Gasteiger charge is 2.25. The number of nitrogen functional groups attached to an aromatic ring is 1. The van der Waals surface area contributed by atoms with E-state index < -0.39 is 0 Å². The molecule has 0 saturated heterocycles. The molecule has 16 heavy (non-hydrogen) atoms. The van der Waals surface area contributed by atoms with Crippen LogP contribution in [0.4, 0.5) is 5.82 Å².